The predicted octanol–water partition coefficient (Wildman–Crippen LogP) is 1.91. The van der Waals surface area contributed by atoms with Gasteiger partial charge in [-0.1, -0.05) is 44.7 Å². The predicted molar refractivity (Wildman–Crippen MR) is 105 cm³/mol. The van der Waals surface area contributed by atoms with Crippen LogP contribution in [0.2, 0.25) is 0 Å². The van der Waals surface area contributed by atoms with Crippen LogP contribution in [0.1, 0.15) is 45.6 Å². The normalized spacial score (nSPS) is 12.0. The molecule has 8 nitrogen and oxygen atoms in total. The number of nitrogens with zero attached hydrogens (tertiary/aromatic N) is 4. The van der Waals surface area contributed by atoms with Gasteiger partial charge in [-0.05, 0) is 47.4 Å². The standard InChI is InChI=1S/C18H26N6O2S/c1-5-10-19-17(26)13(4)20-16(25)11-27-18-21-22-23-24(18)15-8-6-14(7-9-15)12(2)3/h6-9,12-13H,5,10-11H2,1-4H3,(H,19,26)(H,20,25)/t13-/m1/s1. The molecular formula is C18H26N6O2S. The van der Waals surface area contributed by atoms with Gasteiger partial charge in [-0.2, -0.15) is 4.68 Å². The molecule has 2 aromatic rings. The second kappa shape index (κ2) is 10.1. The molecule has 1 aromatic heterocycles. The van der Waals surface area contributed by atoms with Crippen LogP contribution in [-0.2, 0) is 9.59 Å². The van der Waals surface area contributed by atoms with Crippen LogP contribution in [0, 0.1) is 0 Å². The smallest absolute Gasteiger partial charge is 0.242 e. The van der Waals surface area contributed by atoms with E-state index < -0.39 is 6.04 Å². The first-order valence-corrected chi connectivity index (χ1v) is 9.99. The minimum Gasteiger partial charge on any atom is -0.354 e. The first-order valence-electron chi connectivity index (χ1n) is 9.01. The summed E-state index contributed by atoms with van der Waals surface area (Å²) in [4.78, 5) is 23.9. The molecule has 2 N–H and O–H groups in total. The van der Waals surface area contributed by atoms with E-state index in [0.717, 1.165) is 12.1 Å². The van der Waals surface area contributed by atoms with E-state index in [9.17, 15) is 9.59 Å². The largest absolute Gasteiger partial charge is 0.354 e. The number of aromatic nitrogens is 4. The zero-order valence-corrected chi connectivity index (χ0v) is 16.9. The number of tetrazole rings is 1. The number of nitrogens with one attached hydrogen (secondary N) is 2. The van der Waals surface area contributed by atoms with Crippen LogP contribution in [0.25, 0.3) is 5.69 Å². The lowest BCUT2D eigenvalue weighted by atomic mass is 10.0. The minimum absolute atomic E-state index is 0.121. The second-order valence-electron chi connectivity index (χ2n) is 6.49. The van der Waals surface area contributed by atoms with Gasteiger partial charge in [-0.15, -0.1) is 5.10 Å². The number of hydrogen-bond acceptors (Lipinski definition) is 6. The Morgan fingerprint density at radius 1 is 1.19 bits per heavy atom. The molecule has 0 radical (unpaired) electrons. The van der Waals surface area contributed by atoms with Crippen molar-refractivity contribution in [1.29, 1.82) is 0 Å². The molecule has 146 valence electrons. The molecule has 0 unspecified atom stereocenters. The van der Waals surface area contributed by atoms with Crippen molar-refractivity contribution in [3.05, 3.63) is 29.8 Å². The quantitative estimate of drug-likeness (QED) is 0.634. The van der Waals surface area contributed by atoms with Gasteiger partial charge < -0.3 is 10.6 Å². The van der Waals surface area contributed by atoms with Crippen molar-refractivity contribution in [3.63, 3.8) is 0 Å². The SMILES string of the molecule is CCCNC(=O)[C@@H](C)NC(=O)CSc1nnnn1-c1ccc(C(C)C)cc1. The van der Waals surface area contributed by atoms with Crippen LogP contribution in [0.15, 0.2) is 29.4 Å². The Kier molecular flexibility index (Phi) is 7.78. The molecule has 1 heterocycles. The second-order valence-corrected chi connectivity index (χ2v) is 7.43. The highest BCUT2D eigenvalue weighted by molar-refractivity contribution is 7.99. The van der Waals surface area contributed by atoms with Crippen molar-refractivity contribution in [2.24, 2.45) is 0 Å². The summed E-state index contributed by atoms with van der Waals surface area (Å²) < 4.78 is 1.60. The van der Waals surface area contributed by atoms with Gasteiger partial charge in [0.2, 0.25) is 17.0 Å². The summed E-state index contributed by atoms with van der Waals surface area (Å²) in [6.45, 7) is 8.50. The van der Waals surface area contributed by atoms with Gasteiger partial charge in [-0.3, -0.25) is 9.59 Å². The molecule has 0 bridgehead atoms. The van der Waals surface area contributed by atoms with E-state index in [1.165, 1.54) is 17.3 Å². The molecule has 1 aromatic carbocycles. The summed E-state index contributed by atoms with van der Waals surface area (Å²) in [7, 11) is 0. The van der Waals surface area contributed by atoms with Crippen molar-refractivity contribution >= 4 is 23.6 Å². The fraction of sp³-hybridized carbons (Fsp3) is 0.500. The maximum Gasteiger partial charge on any atom is 0.242 e. The Labute approximate surface area is 163 Å². The lowest BCUT2D eigenvalue weighted by molar-refractivity contribution is -0.127. The van der Waals surface area contributed by atoms with Crippen molar-refractivity contribution in [1.82, 2.24) is 30.8 Å². The zero-order chi connectivity index (χ0) is 19.8. The number of benzene rings is 1. The van der Waals surface area contributed by atoms with E-state index in [4.69, 9.17) is 0 Å². The number of carbonyl (C=O) groups excluding carboxylic acids is 2. The van der Waals surface area contributed by atoms with Crippen LogP contribution >= 0.6 is 11.8 Å². The number of hydrogen-bond donors (Lipinski definition) is 2. The number of rotatable bonds is 9. The van der Waals surface area contributed by atoms with Crippen LogP contribution < -0.4 is 10.6 Å². The Morgan fingerprint density at radius 2 is 1.89 bits per heavy atom. The topological polar surface area (TPSA) is 102 Å². The molecule has 0 spiro atoms. The summed E-state index contributed by atoms with van der Waals surface area (Å²) in [5.74, 6) is 0.131. The molecule has 0 aliphatic heterocycles. The van der Waals surface area contributed by atoms with Gasteiger partial charge in [0.1, 0.15) is 6.04 Å². The van der Waals surface area contributed by atoms with Crippen LogP contribution in [0.4, 0.5) is 0 Å². The highest BCUT2D eigenvalue weighted by Crippen LogP contribution is 2.20. The van der Waals surface area contributed by atoms with Gasteiger partial charge in [0.05, 0.1) is 11.4 Å². The maximum absolute atomic E-state index is 12.1. The summed E-state index contributed by atoms with van der Waals surface area (Å²) in [6.07, 6.45) is 0.850. The summed E-state index contributed by atoms with van der Waals surface area (Å²) in [6, 6.07) is 7.41. The van der Waals surface area contributed by atoms with Crippen molar-refractivity contribution < 1.29 is 9.59 Å². The Balaban J connectivity index is 1.92. The fourth-order valence-corrected chi connectivity index (χ4v) is 3.01. The van der Waals surface area contributed by atoms with Crippen LogP contribution in [-0.4, -0.2) is 50.4 Å². The van der Waals surface area contributed by atoms with Gasteiger partial charge in [0, 0.05) is 6.54 Å². The molecule has 0 fully saturated rings. The lowest BCUT2D eigenvalue weighted by Gasteiger charge is -2.13. The van der Waals surface area contributed by atoms with E-state index in [0.29, 0.717) is 17.6 Å². The highest BCUT2D eigenvalue weighted by atomic mass is 32.2. The van der Waals surface area contributed by atoms with Gasteiger partial charge in [0.15, 0.2) is 0 Å². The average molecular weight is 391 g/mol. The maximum atomic E-state index is 12.1. The third-order valence-electron chi connectivity index (χ3n) is 3.90. The van der Waals surface area contributed by atoms with Crippen molar-refractivity contribution in [3.8, 4) is 5.69 Å². The molecule has 0 aliphatic rings. The van der Waals surface area contributed by atoms with Gasteiger partial charge in [-0.25, -0.2) is 0 Å². The van der Waals surface area contributed by atoms with E-state index in [1.807, 2.05) is 31.2 Å². The summed E-state index contributed by atoms with van der Waals surface area (Å²) >= 11 is 1.22. The molecule has 0 saturated carbocycles. The number of thioether (sulfide) groups is 1. The van der Waals surface area contributed by atoms with E-state index in [1.54, 1.807) is 11.6 Å². The van der Waals surface area contributed by atoms with E-state index in [2.05, 4.69) is 40.0 Å². The fourth-order valence-electron chi connectivity index (χ4n) is 2.31. The minimum atomic E-state index is -0.579. The van der Waals surface area contributed by atoms with E-state index >= 15 is 0 Å². The molecule has 0 saturated heterocycles. The summed E-state index contributed by atoms with van der Waals surface area (Å²) in [5, 5.41) is 17.6. The molecule has 9 heteroatoms. The molecule has 27 heavy (non-hydrogen) atoms. The molecule has 0 aliphatic carbocycles. The molecular weight excluding hydrogens is 364 g/mol. The molecule has 1 atom stereocenters. The number of carbonyl (C=O) groups is 2. The average Bonchev–Trinajstić information content (AvgIpc) is 3.13. The number of amides is 2. The Bertz CT molecular complexity index is 759. The first-order chi connectivity index (χ1) is 12.9. The lowest BCUT2D eigenvalue weighted by Crippen LogP contribution is -2.45. The summed E-state index contributed by atoms with van der Waals surface area (Å²) in [5.41, 5.74) is 2.07. The van der Waals surface area contributed by atoms with E-state index in [-0.39, 0.29) is 17.6 Å². The first kappa shape index (κ1) is 20.9. The zero-order valence-electron chi connectivity index (χ0n) is 16.1. The van der Waals surface area contributed by atoms with Crippen molar-refractivity contribution in [2.45, 2.75) is 51.2 Å². The molecule has 2 rings (SSSR count). The monoisotopic (exact) mass is 390 g/mol. The molecule has 2 amide bonds. The highest BCUT2D eigenvalue weighted by Gasteiger charge is 2.17. The van der Waals surface area contributed by atoms with Gasteiger partial charge in [0.25, 0.3) is 0 Å². The van der Waals surface area contributed by atoms with Crippen LogP contribution in [0.3, 0.4) is 0 Å². The van der Waals surface area contributed by atoms with Crippen LogP contribution in [0.5, 0.6) is 0 Å². The third-order valence-corrected chi connectivity index (χ3v) is 4.82. The van der Waals surface area contributed by atoms with Gasteiger partial charge >= 0.3 is 0 Å². The Hall–Kier alpha value is -2.42. The third kappa shape index (κ3) is 6.06. The Morgan fingerprint density at radius 3 is 2.52 bits per heavy atom. The van der Waals surface area contributed by atoms with Crippen molar-refractivity contribution in [2.75, 3.05) is 12.3 Å².